The summed E-state index contributed by atoms with van der Waals surface area (Å²) in [4.78, 5) is 9.90. The second-order valence-electron chi connectivity index (χ2n) is 2.36. The average Bonchev–Trinajstić information content (AvgIpc) is 2.27. The SMILES string of the molecule is O=CC(O)C(O)C(O)C(O)CO.[O]=[Mo]. The fraction of sp³-hybridized carbons (Fsp3) is 0.833. The van der Waals surface area contributed by atoms with Crippen molar-refractivity contribution >= 4 is 6.29 Å². The molecule has 0 aromatic carbocycles. The summed E-state index contributed by atoms with van der Waals surface area (Å²) in [6.45, 7) is -0.760. The fourth-order valence-electron chi connectivity index (χ4n) is 0.618. The third-order valence-corrected chi connectivity index (χ3v) is 1.42. The molecule has 0 aromatic heterocycles. The van der Waals surface area contributed by atoms with E-state index in [2.05, 4.69) is 0 Å². The van der Waals surface area contributed by atoms with Gasteiger partial charge in [-0.15, -0.1) is 0 Å². The monoisotopic (exact) mass is 294 g/mol. The zero-order valence-corrected chi connectivity index (χ0v) is 9.06. The summed E-state index contributed by atoms with van der Waals surface area (Å²) in [5.74, 6) is 0. The first-order valence-electron chi connectivity index (χ1n) is 3.49. The summed E-state index contributed by atoms with van der Waals surface area (Å²) in [6.07, 6.45) is -6.84. The van der Waals surface area contributed by atoms with Gasteiger partial charge in [0, 0.05) is 0 Å². The van der Waals surface area contributed by atoms with Crippen LogP contribution in [0, 0.1) is 0 Å². The van der Waals surface area contributed by atoms with Crippen LogP contribution >= 0.6 is 0 Å². The van der Waals surface area contributed by atoms with Crippen LogP contribution in [0.2, 0.25) is 0 Å². The Morgan fingerprint density at radius 2 is 1.50 bits per heavy atom. The molecule has 4 unspecified atom stereocenters. The van der Waals surface area contributed by atoms with E-state index in [4.69, 9.17) is 28.9 Å². The predicted molar refractivity (Wildman–Crippen MR) is 37.9 cm³/mol. The van der Waals surface area contributed by atoms with Gasteiger partial charge in [-0.2, -0.15) is 0 Å². The zero-order valence-electron chi connectivity index (χ0n) is 7.05. The van der Waals surface area contributed by atoms with Gasteiger partial charge in [0.2, 0.25) is 0 Å². The van der Waals surface area contributed by atoms with Crippen LogP contribution in [-0.2, 0) is 28.0 Å². The Hall–Kier alpha value is -0.0417. The predicted octanol–water partition coefficient (Wildman–Crippen LogP) is -3.50. The van der Waals surface area contributed by atoms with Crippen LogP contribution in [0.25, 0.3) is 0 Å². The molecule has 0 amide bonds. The molecule has 0 fully saturated rings. The van der Waals surface area contributed by atoms with Crippen LogP contribution in [0.3, 0.4) is 0 Å². The van der Waals surface area contributed by atoms with Crippen LogP contribution in [0.5, 0.6) is 0 Å². The van der Waals surface area contributed by atoms with Gasteiger partial charge in [0.15, 0.2) is 6.29 Å². The number of aliphatic hydroxyl groups is 5. The normalized spacial score (nSPS) is 18.4. The number of hydrogen-bond acceptors (Lipinski definition) is 7. The third kappa shape index (κ3) is 5.64. The number of carbonyl (C=O) groups is 1. The Labute approximate surface area is 91.2 Å². The molecular formula is C6H12MoO7. The van der Waals surface area contributed by atoms with Crippen molar-refractivity contribution < 1.29 is 53.5 Å². The molecule has 0 bridgehead atoms. The van der Waals surface area contributed by atoms with Crippen molar-refractivity contribution in [3.05, 3.63) is 0 Å². The first-order valence-corrected chi connectivity index (χ1v) is 4.31. The van der Waals surface area contributed by atoms with Crippen LogP contribution < -0.4 is 0 Å². The summed E-state index contributed by atoms with van der Waals surface area (Å²) in [5.41, 5.74) is 0. The molecule has 0 aliphatic rings. The van der Waals surface area contributed by atoms with E-state index in [1.807, 2.05) is 0 Å². The first-order chi connectivity index (χ1) is 6.54. The fourth-order valence-corrected chi connectivity index (χ4v) is 0.618. The van der Waals surface area contributed by atoms with Crippen molar-refractivity contribution in [2.75, 3.05) is 6.61 Å². The minimum atomic E-state index is -1.79. The topological polar surface area (TPSA) is 135 Å². The molecule has 0 saturated carbocycles. The number of rotatable bonds is 5. The molecule has 7 nitrogen and oxygen atoms in total. The molecule has 84 valence electrons. The van der Waals surface area contributed by atoms with E-state index in [1.165, 1.54) is 0 Å². The van der Waals surface area contributed by atoms with Gasteiger partial charge >= 0.3 is 23.2 Å². The second kappa shape index (κ2) is 9.51. The summed E-state index contributed by atoms with van der Waals surface area (Å²) >= 11 is 0.700. The van der Waals surface area contributed by atoms with Gasteiger partial charge in [-0.25, -0.2) is 0 Å². The quantitative estimate of drug-likeness (QED) is 0.262. The molecule has 4 atom stereocenters. The van der Waals surface area contributed by atoms with Crippen LogP contribution in [0.1, 0.15) is 0 Å². The summed E-state index contributed by atoms with van der Waals surface area (Å²) in [5, 5.41) is 43.5. The molecule has 0 saturated heterocycles. The molecule has 0 aliphatic carbocycles. The van der Waals surface area contributed by atoms with E-state index in [0.29, 0.717) is 19.8 Å². The summed E-state index contributed by atoms with van der Waals surface area (Å²) in [7, 11) is 0. The van der Waals surface area contributed by atoms with E-state index in [1.54, 1.807) is 0 Å². The molecule has 8 heteroatoms. The minimum absolute atomic E-state index is 0.0258. The molecule has 5 N–H and O–H groups in total. The van der Waals surface area contributed by atoms with Gasteiger partial charge in [-0.1, -0.05) is 0 Å². The van der Waals surface area contributed by atoms with E-state index < -0.39 is 31.0 Å². The van der Waals surface area contributed by atoms with Crippen molar-refractivity contribution in [1.29, 1.82) is 0 Å². The first kappa shape index (κ1) is 16.4. The number of hydrogen-bond donors (Lipinski definition) is 5. The summed E-state index contributed by atoms with van der Waals surface area (Å²) < 4.78 is 8.26. The second-order valence-corrected chi connectivity index (χ2v) is 2.36. The molecule has 0 aliphatic heterocycles. The van der Waals surface area contributed by atoms with Crippen LogP contribution in [0.15, 0.2) is 0 Å². The maximum atomic E-state index is 9.90. The number of carbonyl (C=O) groups excluding carboxylic acids is 1. The zero-order chi connectivity index (χ0) is 11.7. The molecule has 14 heavy (non-hydrogen) atoms. The van der Waals surface area contributed by atoms with Crippen molar-refractivity contribution in [2.24, 2.45) is 0 Å². The van der Waals surface area contributed by atoms with E-state index in [9.17, 15) is 4.79 Å². The van der Waals surface area contributed by atoms with Gasteiger partial charge in [0.1, 0.15) is 24.4 Å². The van der Waals surface area contributed by atoms with Crippen molar-refractivity contribution in [2.45, 2.75) is 24.4 Å². The van der Waals surface area contributed by atoms with E-state index in [0.717, 1.165) is 0 Å². The van der Waals surface area contributed by atoms with E-state index >= 15 is 0 Å². The Bertz CT molecular complexity index is 155. The van der Waals surface area contributed by atoms with E-state index in [-0.39, 0.29) is 6.29 Å². The number of aldehydes is 1. The Balaban J connectivity index is 0. The molecular weight excluding hydrogens is 280 g/mol. The van der Waals surface area contributed by atoms with Gasteiger partial charge < -0.3 is 30.3 Å². The van der Waals surface area contributed by atoms with Crippen molar-refractivity contribution in [3.63, 3.8) is 0 Å². The standard InChI is InChI=1S/C6H12O6.Mo.O/c7-1-3(9)5(11)6(12)4(10)2-8;;/h1,3-6,8-12H,2H2;;. The average molecular weight is 292 g/mol. The molecule has 0 heterocycles. The van der Waals surface area contributed by atoms with Gasteiger partial charge in [0.05, 0.1) is 6.61 Å². The van der Waals surface area contributed by atoms with Gasteiger partial charge in [-0.05, 0) is 0 Å². The Morgan fingerprint density at radius 1 is 1.07 bits per heavy atom. The molecule has 0 rings (SSSR count). The Kier molecular flexibility index (Phi) is 11.1. The molecule has 0 radical (unpaired) electrons. The molecule has 0 aromatic rings. The number of aliphatic hydroxyl groups excluding tert-OH is 5. The summed E-state index contributed by atoms with van der Waals surface area (Å²) in [6, 6.07) is 0. The van der Waals surface area contributed by atoms with Crippen LogP contribution in [0.4, 0.5) is 0 Å². The van der Waals surface area contributed by atoms with Crippen LogP contribution in [-0.4, -0.2) is 62.8 Å². The maximum absolute atomic E-state index is 9.90. The molecule has 0 spiro atoms. The van der Waals surface area contributed by atoms with Crippen molar-refractivity contribution in [1.82, 2.24) is 0 Å². The van der Waals surface area contributed by atoms with Gasteiger partial charge in [-0.3, -0.25) is 0 Å². The van der Waals surface area contributed by atoms with Crippen molar-refractivity contribution in [3.8, 4) is 0 Å². The van der Waals surface area contributed by atoms with Gasteiger partial charge in [0.25, 0.3) is 0 Å². The Morgan fingerprint density at radius 3 is 1.79 bits per heavy atom. The third-order valence-electron chi connectivity index (χ3n) is 1.42.